The minimum Gasteiger partial charge on any atom is -0.507 e. The van der Waals surface area contributed by atoms with Gasteiger partial charge in [-0.2, -0.15) is 0 Å². The maximum absolute atomic E-state index is 9.31. The Bertz CT molecular complexity index is 437. The second-order valence-electron chi connectivity index (χ2n) is 3.07. The van der Waals surface area contributed by atoms with Gasteiger partial charge in [-0.1, -0.05) is 36.4 Å². The van der Waals surface area contributed by atoms with Gasteiger partial charge in [0.25, 0.3) is 0 Å². The van der Waals surface area contributed by atoms with Gasteiger partial charge in [0.15, 0.2) is 0 Å². The second kappa shape index (κ2) is 3.76. The first-order chi connectivity index (χ1) is 6.77. The predicted octanol–water partition coefficient (Wildman–Crippen LogP) is 3.35. The molecule has 14 heavy (non-hydrogen) atoms. The minimum atomic E-state index is 0.216. The lowest BCUT2D eigenvalue weighted by Gasteiger charge is -2.03. The Morgan fingerprint density at radius 2 is 1.57 bits per heavy atom. The van der Waals surface area contributed by atoms with E-state index in [1.54, 1.807) is 6.07 Å². The fourth-order valence-corrected chi connectivity index (χ4v) is 1.55. The Balaban J connectivity index is 2.48. The molecule has 2 aromatic carbocycles. The van der Waals surface area contributed by atoms with Crippen molar-refractivity contribution >= 4 is 12.6 Å². The zero-order valence-electron chi connectivity index (χ0n) is 7.51. The van der Waals surface area contributed by atoms with Gasteiger partial charge in [-0.3, -0.25) is 0 Å². The van der Waals surface area contributed by atoms with Crippen LogP contribution in [0.2, 0.25) is 0 Å². The molecule has 1 N–H and O–H groups in total. The molecule has 1 nitrogen and oxygen atoms in total. The van der Waals surface area contributed by atoms with Gasteiger partial charge >= 0.3 is 0 Å². The van der Waals surface area contributed by atoms with Gasteiger partial charge in [-0.05, 0) is 23.3 Å². The standard InChI is InChI=1S/C12H10OS/c13-11-7-6-10(8-12(11)14)9-4-2-1-3-5-9/h1-8,13-14H. The van der Waals surface area contributed by atoms with Crippen LogP contribution in [0.1, 0.15) is 0 Å². The molecule has 0 heterocycles. The molecule has 0 aliphatic carbocycles. The fourth-order valence-electron chi connectivity index (χ4n) is 1.33. The Labute approximate surface area is 88.4 Å². The highest BCUT2D eigenvalue weighted by Crippen LogP contribution is 2.27. The van der Waals surface area contributed by atoms with E-state index in [1.807, 2.05) is 42.5 Å². The SMILES string of the molecule is Oc1ccc(-c2ccccc2)cc1S. The van der Waals surface area contributed by atoms with Gasteiger partial charge in [-0.15, -0.1) is 12.6 Å². The molecule has 0 unspecified atom stereocenters. The van der Waals surface area contributed by atoms with Crippen molar-refractivity contribution in [3.63, 3.8) is 0 Å². The molecule has 0 aliphatic heterocycles. The Hall–Kier alpha value is -1.41. The summed E-state index contributed by atoms with van der Waals surface area (Å²) in [4.78, 5) is 0.603. The highest BCUT2D eigenvalue weighted by atomic mass is 32.1. The predicted molar refractivity (Wildman–Crippen MR) is 60.8 cm³/mol. The van der Waals surface area contributed by atoms with Gasteiger partial charge in [0.2, 0.25) is 0 Å². The van der Waals surface area contributed by atoms with Crippen LogP contribution in [0, 0.1) is 0 Å². The zero-order valence-corrected chi connectivity index (χ0v) is 8.41. The van der Waals surface area contributed by atoms with Crippen molar-refractivity contribution in [2.45, 2.75) is 4.90 Å². The zero-order chi connectivity index (χ0) is 9.97. The monoisotopic (exact) mass is 202 g/mol. The van der Waals surface area contributed by atoms with Crippen LogP contribution in [0.15, 0.2) is 53.4 Å². The van der Waals surface area contributed by atoms with Gasteiger partial charge in [0.1, 0.15) is 5.75 Å². The number of aromatic hydroxyl groups is 1. The molecule has 2 heteroatoms. The van der Waals surface area contributed by atoms with Crippen molar-refractivity contribution < 1.29 is 5.11 Å². The number of phenols is 1. The van der Waals surface area contributed by atoms with E-state index in [0.717, 1.165) is 11.1 Å². The molecule has 0 aliphatic rings. The molecule has 0 radical (unpaired) electrons. The van der Waals surface area contributed by atoms with E-state index >= 15 is 0 Å². The van der Waals surface area contributed by atoms with Crippen molar-refractivity contribution in [1.82, 2.24) is 0 Å². The quantitative estimate of drug-likeness (QED) is 0.679. The van der Waals surface area contributed by atoms with E-state index in [4.69, 9.17) is 0 Å². The summed E-state index contributed by atoms with van der Waals surface area (Å²) in [5.41, 5.74) is 2.19. The largest absolute Gasteiger partial charge is 0.507 e. The van der Waals surface area contributed by atoms with Crippen LogP contribution in [0.5, 0.6) is 5.75 Å². The van der Waals surface area contributed by atoms with Crippen molar-refractivity contribution in [2.75, 3.05) is 0 Å². The molecule has 0 fully saturated rings. The number of rotatable bonds is 1. The van der Waals surface area contributed by atoms with Gasteiger partial charge in [0.05, 0.1) is 0 Å². The van der Waals surface area contributed by atoms with Crippen molar-refractivity contribution in [3.8, 4) is 16.9 Å². The van der Waals surface area contributed by atoms with Crippen LogP contribution in [0.4, 0.5) is 0 Å². The fraction of sp³-hybridized carbons (Fsp3) is 0. The maximum atomic E-state index is 9.31. The third kappa shape index (κ3) is 1.75. The first-order valence-electron chi connectivity index (χ1n) is 4.35. The highest BCUT2D eigenvalue weighted by Gasteiger charge is 2.00. The van der Waals surface area contributed by atoms with Crippen LogP contribution in [-0.2, 0) is 0 Å². The van der Waals surface area contributed by atoms with E-state index in [-0.39, 0.29) is 5.75 Å². The van der Waals surface area contributed by atoms with Crippen molar-refractivity contribution in [2.24, 2.45) is 0 Å². The van der Waals surface area contributed by atoms with Crippen LogP contribution < -0.4 is 0 Å². The Kier molecular flexibility index (Phi) is 2.46. The number of thiol groups is 1. The highest BCUT2D eigenvalue weighted by molar-refractivity contribution is 7.80. The van der Waals surface area contributed by atoms with Crippen LogP contribution in [0.3, 0.4) is 0 Å². The molecule has 0 aromatic heterocycles. The maximum Gasteiger partial charge on any atom is 0.128 e. The van der Waals surface area contributed by atoms with E-state index < -0.39 is 0 Å². The summed E-state index contributed by atoms with van der Waals surface area (Å²) in [6, 6.07) is 15.4. The normalized spacial score (nSPS) is 10.1. The van der Waals surface area contributed by atoms with Crippen LogP contribution >= 0.6 is 12.6 Å². The number of hydrogen-bond acceptors (Lipinski definition) is 2. The summed E-state index contributed by atoms with van der Waals surface area (Å²) in [6.07, 6.45) is 0. The molecule has 2 aromatic rings. The molecule has 70 valence electrons. The molecule has 0 atom stereocenters. The summed E-state index contributed by atoms with van der Waals surface area (Å²) in [5.74, 6) is 0.216. The molecule has 0 bridgehead atoms. The summed E-state index contributed by atoms with van der Waals surface area (Å²) in [7, 11) is 0. The third-order valence-electron chi connectivity index (χ3n) is 2.08. The van der Waals surface area contributed by atoms with E-state index in [1.165, 1.54) is 0 Å². The molecule has 0 spiro atoms. The third-order valence-corrected chi connectivity index (χ3v) is 2.44. The van der Waals surface area contributed by atoms with Gasteiger partial charge in [0, 0.05) is 4.90 Å². The number of hydrogen-bond donors (Lipinski definition) is 2. The van der Waals surface area contributed by atoms with Gasteiger partial charge in [-0.25, -0.2) is 0 Å². The van der Waals surface area contributed by atoms with E-state index in [0.29, 0.717) is 4.90 Å². The average Bonchev–Trinajstić information content (AvgIpc) is 2.23. The summed E-state index contributed by atoms with van der Waals surface area (Å²) in [5, 5.41) is 9.31. The molecule has 2 rings (SSSR count). The first kappa shape index (κ1) is 9.16. The summed E-state index contributed by atoms with van der Waals surface area (Å²) in [6.45, 7) is 0. The number of benzene rings is 2. The summed E-state index contributed by atoms with van der Waals surface area (Å²) >= 11 is 4.17. The average molecular weight is 202 g/mol. The topological polar surface area (TPSA) is 20.2 Å². The van der Waals surface area contributed by atoms with Crippen molar-refractivity contribution in [3.05, 3.63) is 48.5 Å². The molecular weight excluding hydrogens is 192 g/mol. The minimum absolute atomic E-state index is 0.216. The summed E-state index contributed by atoms with van der Waals surface area (Å²) < 4.78 is 0. The lowest BCUT2D eigenvalue weighted by atomic mass is 10.1. The molecule has 0 saturated heterocycles. The first-order valence-corrected chi connectivity index (χ1v) is 4.79. The number of phenolic OH excluding ortho intramolecular Hbond substituents is 1. The second-order valence-corrected chi connectivity index (χ2v) is 3.55. The smallest absolute Gasteiger partial charge is 0.128 e. The van der Waals surface area contributed by atoms with Gasteiger partial charge < -0.3 is 5.11 Å². The lowest BCUT2D eigenvalue weighted by Crippen LogP contribution is -1.77. The Morgan fingerprint density at radius 1 is 0.857 bits per heavy atom. The van der Waals surface area contributed by atoms with Crippen LogP contribution in [-0.4, -0.2) is 5.11 Å². The van der Waals surface area contributed by atoms with E-state index in [9.17, 15) is 5.11 Å². The van der Waals surface area contributed by atoms with Crippen LogP contribution in [0.25, 0.3) is 11.1 Å². The lowest BCUT2D eigenvalue weighted by molar-refractivity contribution is 0.463. The molecule has 0 amide bonds. The van der Waals surface area contributed by atoms with E-state index in [2.05, 4.69) is 12.6 Å². The molecule has 0 saturated carbocycles. The Morgan fingerprint density at radius 3 is 2.21 bits per heavy atom. The van der Waals surface area contributed by atoms with Crippen molar-refractivity contribution in [1.29, 1.82) is 0 Å². The molecular formula is C12H10OS.